The highest BCUT2D eigenvalue weighted by Crippen LogP contribution is 2.55. The van der Waals surface area contributed by atoms with Crippen molar-refractivity contribution in [3.63, 3.8) is 0 Å². The van der Waals surface area contributed by atoms with E-state index in [1.165, 1.54) is 26.2 Å². The summed E-state index contributed by atoms with van der Waals surface area (Å²) in [5.41, 5.74) is 1.16. The first-order chi connectivity index (χ1) is 11.0. The van der Waals surface area contributed by atoms with Crippen molar-refractivity contribution < 1.29 is 9.59 Å². The van der Waals surface area contributed by atoms with Crippen LogP contribution in [0.3, 0.4) is 0 Å². The van der Waals surface area contributed by atoms with Crippen LogP contribution in [0.1, 0.15) is 55.8 Å². The normalized spacial score (nSPS) is 34.2. The van der Waals surface area contributed by atoms with E-state index in [2.05, 4.69) is 10.6 Å². The van der Waals surface area contributed by atoms with Crippen molar-refractivity contribution in [2.45, 2.75) is 51.0 Å². The average Bonchev–Trinajstić information content (AvgIpc) is 2.45. The molecule has 4 aliphatic carbocycles. The number of carbonyl (C=O) groups excluding carboxylic acids is 2. The number of carbonyl (C=O) groups is 2. The smallest absolute Gasteiger partial charge is 0.253 e. The molecule has 1 aromatic rings. The Morgan fingerprint density at radius 2 is 1.57 bits per heavy atom. The first kappa shape index (κ1) is 14.7. The van der Waals surface area contributed by atoms with Crippen molar-refractivity contribution in [3.8, 4) is 0 Å². The minimum absolute atomic E-state index is 0.00479. The first-order valence-corrected chi connectivity index (χ1v) is 8.72. The van der Waals surface area contributed by atoms with E-state index in [9.17, 15) is 9.59 Å². The number of hydrogen-bond acceptors (Lipinski definition) is 2. The minimum atomic E-state index is -0.153. The third-order valence-electron chi connectivity index (χ3n) is 5.90. The lowest BCUT2D eigenvalue weighted by Gasteiger charge is -2.56. The summed E-state index contributed by atoms with van der Waals surface area (Å²) < 4.78 is 0. The van der Waals surface area contributed by atoms with Gasteiger partial charge in [-0.2, -0.15) is 0 Å². The van der Waals surface area contributed by atoms with Crippen LogP contribution in [0.5, 0.6) is 0 Å². The molecule has 0 atom stereocenters. The molecule has 0 aromatic heterocycles. The fourth-order valence-electron chi connectivity index (χ4n) is 5.55. The van der Waals surface area contributed by atoms with E-state index in [1.807, 2.05) is 12.1 Å². The van der Waals surface area contributed by atoms with Gasteiger partial charge in [0.1, 0.15) is 0 Å². The highest BCUT2D eigenvalue weighted by molar-refractivity contribution is 6.03. The summed E-state index contributed by atoms with van der Waals surface area (Å²) in [4.78, 5) is 24.2. The Bertz CT molecular complexity index is 617. The van der Waals surface area contributed by atoms with Crippen LogP contribution in [0.25, 0.3) is 0 Å². The van der Waals surface area contributed by atoms with E-state index in [1.54, 1.807) is 12.1 Å². The van der Waals surface area contributed by atoms with E-state index in [0.29, 0.717) is 11.3 Å². The largest absolute Gasteiger partial charge is 0.347 e. The molecular formula is C19H24N2O2. The maximum absolute atomic E-state index is 12.9. The van der Waals surface area contributed by atoms with Crippen LogP contribution >= 0.6 is 0 Å². The molecule has 23 heavy (non-hydrogen) atoms. The second kappa shape index (κ2) is 5.36. The number of rotatable bonds is 3. The number of hydrogen-bond donors (Lipinski definition) is 2. The molecule has 0 radical (unpaired) electrons. The van der Waals surface area contributed by atoms with Gasteiger partial charge in [0.05, 0.1) is 11.3 Å². The number of benzene rings is 1. The third kappa shape index (κ3) is 2.75. The van der Waals surface area contributed by atoms with E-state index in [-0.39, 0.29) is 17.4 Å². The van der Waals surface area contributed by atoms with Gasteiger partial charge >= 0.3 is 0 Å². The van der Waals surface area contributed by atoms with Crippen molar-refractivity contribution in [2.75, 3.05) is 5.32 Å². The molecule has 4 nitrogen and oxygen atoms in total. The predicted molar refractivity (Wildman–Crippen MR) is 89.1 cm³/mol. The van der Waals surface area contributed by atoms with Crippen LogP contribution < -0.4 is 10.6 Å². The predicted octanol–water partition coefficient (Wildman–Crippen LogP) is 3.34. The van der Waals surface area contributed by atoms with E-state index < -0.39 is 0 Å². The van der Waals surface area contributed by atoms with Gasteiger partial charge in [0, 0.05) is 12.5 Å². The van der Waals surface area contributed by atoms with Gasteiger partial charge in [0.15, 0.2) is 0 Å². The van der Waals surface area contributed by atoms with Gasteiger partial charge in [-0.3, -0.25) is 9.59 Å². The summed E-state index contributed by atoms with van der Waals surface area (Å²) in [5.74, 6) is 2.20. The summed E-state index contributed by atoms with van der Waals surface area (Å²) in [6, 6.07) is 7.27. The van der Waals surface area contributed by atoms with Crippen LogP contribution in [0, 0.1) is 17.8 Å². The van der Waals surface area contributed by atoms with Gasteiger partial charge in [-0.25, -0.2) is 0 Å². The molecular weight excluding hydrogens is 288 g/mol. The Kier molecular flexibility index (Phi) is 3.43. The van der Waals surface area contributed by atoms with Crippen LogP contribution in [-0.2, 0) is 4.79 Å². The third-order valence-corrected chi connectivity index (χ3v) is 5.90. The molecule has 4 heteroatoms. The lowest BCUT2D eigenvalue weighted by atomic mass is 9.53. The molecule has 2 amide bonds. The van der Waals surface area contributed by atoms with E-state index >= 15 is 0 Å². The van der Waals surface area contributed by atoms with E-state index in [0.717, 1.165) is 37.0 Å². The Morgan fingerprint density at radius 1 is 1.00 bits per heavy atom. The van der Waals surface area contributed by atoms with Crippen molar-refractivity contribution in [1.82, 2.24) is 5.32 Å². The average molecular weight is 312 g/mol. The fourth-order valence-corrected chi connectivity index (χ4v) is 5.55. The molecule has 4 bridgehead atoms. The zero-order chi connectivity index (χ0) is 16.0. The summed E-state index contributed by atoms with van der Waals surface area (Å²) in [6.07, 6.45) is 7.47. The lowest BCUT2D eigenvalue weighted by Crippen LogP contribution is -2.59. The van der Waals surface area contributed by atoms with Gasteiger partial charge in [-0.1, -0.05) is 12.1 Å². The molecule has 122 valence electrons. The van der Waals surface area contributed by atoms with Gasteiger partial charge in [0.25, 0.3) is 5.91 Å². The van der Waals surface area contributed by atoms with Gasteiger partial charge < -0.3 is 10.6 Å². The highest BCUT2D eigenvalue weighted by Gasteiger charge is 2.51. The van der Waals surface area contributed by atoms with Crippen LogP contribution in [-0.4, -0.2) is 17.4 Å². The molecule has 0 aliphatic heterocycles. The second-order valence-electron chi connectivity index (χ2n) is 7.88. The topological polar surface area (TPSA) is 58.2 Å². The van der Waals surface area contributed by atoms with Crippen molar-refractivity contribution in [3.05, 3.63) is 29.8 Å². The quantitative estimate of drug-likeness (QED) is 0.899. The zero-order valence-electron chi connectivity index (χ0n) is 13.6. The second-order valence-corrected chi connectivity index (χ2v) is 7.88. The molecule has 0 spiro atoms. The van der Waals surface area contributed by atoms with Crippen LogP contribution in [0.4, 0.5) is 5.69 Å². The maximum atomic E-state index is 12.9. The Morgan fingerprint density at radius 3 is 2.13 bits per heavy atom. The molecule has 4 fully saturated rings. The molecule has 0 saturated heterocycles. The van der Waals surface area contributed by atoms with E-state index in [4.69, 9.17) is 0 Å². The van der Waals surface area contributed by atoms with Crippen LogP contribution in [0.15, 0.2) is 24.3 Å². The number of anilines is 1. The first-order valence-electron chi connectivity index (χ1n) is 8.72. The Labute approximate surface area is 137 Å². The van der Waals surface area contributed by atoms with Gasteiger partial charge in [0.2, 0.25) is 5.91 Å². The van der Waals surface area contributed by atoms with Crippen LogP contribution in [0.2, 0.25) is 0 Å². The lowest BCUT2D eigenvalue weighted by molar-refractivity contribution is -0.114. The highest BCUT2D eigenvalue weighted by atomic mass is 16.2. The fraction of sp³-hybridized carbons (Fsp3) is 0.579. The number of para-hydroxylation sites is 1. The molecule has 2 N–H and O–H groups in total. The molecule has 0 heterocycles. The molecule has 1 aromatic carbocycles. The van der Waals surface area contributed by atoms with Gasteiger partial charge in [-0.15, -0.1) is 0 Å². The summed E-state index contributed by atoms with van der Waals surface area (Å²) in [7, 11) is 0. The monoisotopic (exact) mass is 312 g/mol. The summed E-state index contributed by atoms with van der Waals surface area (Å²) in [6.45, 7) is 1.47. The van der Waals surface area contributed by atoms with Crippen molar-refractivity contribution in [1.29, 1.82) is 0 Å². The summed E-state index contributed by atoms with van der Waals surface area (Å²) >= 11 is 0. The zero-order valence-corrected chi connectivity index (χ0v) is 13.6. The Hall–Kier alpha value is -1.84. The van der Waals surface area contributed by atoms with Crippen molar-refractivity contribution in [2.24, 2.45) is 17.8 Å². The number of nitrogens with one attached hydrogen (secondary N) is 2. The van der Waals surface area contributed by atoms with Gasteiger partial charge in [-0.05, 0) is 68.4 Å². The number of amides is 2. The molecule has 0 unspecified atom stereocenters. The maximum Gasteiger partial charge on any atom is 0.253 e. The molecule has 4 aliphatic rings. The van der Waals surface area contributed by atoms with Crippen molar-refractivity contribution >= 4 is 17.5 Å². The Balaban J connectivity index is 1.56. The standard InChI is InChI=1S/C19H24N2O2/c1-12(22)20-17-5-3-2-4-16(17)18(23)21-19-9-13-6-14(10-19)8-15(7-13)11-19/h2-5,13-15H,6-11H2,1H3,(H,20,22)(H,21,23). The SMILES string of the molecule is CC(=O)Nc1ccccc1C(=O)NC12CC3CC(CC(C3)C1)C2. The minimum Gasteiger partial charge on any atom is -0.347 e. The molecule has 4 saturated carbocycles. The molecule has 5 rings (SSSR count). The summed E-state index contributed by atoms with van der Waals surface area (Å²) in [5, 5.41) is 6.13.